The highest BCUT2D eigenvalue weighted by molar-refractivity contribution is 7.03. The fourth-order valence-electron chi connectivity index (χ4n) is 8.39. The zero-order valence-corrected chi connectivity index (χ0v) is 30.1. The van der Waals surface area contributed by atoms with Crippen LogP contribution in [-0.2, 0) is 0 Å². The predicted molar refractivity (Wildman–Crippen MR) is 223 cm³/mol. The Labute approximate surface area is 304 Å². The number of hydrogen-bond acceptors (Lipinski definition) is 3. The summed E-state index contributed by atoms with van der Waals surface area (Å²) in [6, 6.07) is 65.7. The van der Waals surface area contributed by atoms with E-state index in [1.54, 1.807) is 0 Å². The molecule has 0 bridgehead atoms. The molecular weight excluding hydrogens is 649 g/mol. The molecule has 0 amide bonds. The van der Waals surface area contributed by atoms with Crippen LogP contribution in [0.1, 0.15) is 0 Å². The lowest BCUT2D eigenvalue weighted by Crippen LogP contribution is -2.56. The van der Waals surface area contributed by atoms with Crippen molar-refractivity contribution >= 4 is 85.3 Å². The van der Waals surface area contributed by atoms with E-state index in [4.69, 9.17) is 4.42 Å². The lowest BCUT2D eigenvalue weighted by molar-refractivity contribution is 0.669. The van der Waals surface area contributed by atoms with Gasteiger partial charge in [-0.2, -0.15) is 0 Å². The first kappa shape index (κ1) is 30.5. The van der Waals surface area contributed by atoms with Gasteiger partial charge in [0.15, 0.2) is 5.58 Å². The van der Waals surface area contributed by atoms with E-state index >= 15 is 0 Å². The molecule has 9 aromatic rings. The van der Waals surface area contributed by atoms with Crippen molar-refractivity contribution in [3.05, 3.63) is 182 Å². The highest BCUT2D eigenvalue weighted by Gasteiger charge is 2.37. The maximum Gasteiger partial charge on any atom is 0.159 e. The van der Waals surface area contributed by atoms with E-state index in [1.807, 2.05) is 6.07 Å². The lowest BCUT2D eigenvalue weighted by atomic mass is 9.95. The van der Waals surface area contributed by atoms with Gasteiger partial charge in [-0.05, 0) is 93.6 Å². The number of rotatable bonds is 6. The number of para-hydroxylation sites is 5. The number of hydrogen-bond donors (Lipinski definition) is 0. The van der Waals surface area contributed by atoms with Gasteiger partial charge in [-0.1, -0.05) is 128 Å². The van der Waals surface area contributed by atoms with Crippen molar-refractivity contribution in [2.45, 2.75) is 13.1 Å². The molecule has 0 saturated heterocycles. The normalized spacial score (nSPS) is 13.0. The molecule has 0 atom stereocenters. The molecule has 0 saturated carbocycles. The van der Waals surface area contributed by atoms with Crippen molar-refractivity contribution in [3.8, 4) is 11.1 Å². The molecular formula is C48H36N2OSi. The molecule has 0 unspecified atom stereocenters. The molecule has 1 aliphatic rings. The lowest BCUT2D eigenvalue weighted by Gasteiger charge is -2.36. The Morgan fingerprint density at radius 2 is 0.962 bits per heavy atom. The van der Waals surface area contributed by atoms with Crippen molar-refractivity contribution in [2.75, 3.05) is 9.80 Å². The van der Waals surface area contributed by atoms with E-state index in [2.05, 4.69) is 199 Å². The molecule has 4 heteroatoms. The summed E-state index contributed by atoms with van der Waals surface area (Å²) in [5.74, 6) is 0. The zero-order chi connectivity index (χ0) is 34.8. The van der Waals surface area contributed by atoms with E-state index < -0.39 is 8.07 Å². The van der Waals surface area contributed by atoms with Crippen molar-refractivity contribution in [1.82, 2.24) is 0 Å². The van der Waals surface area contributed by atoms with E-state index in [0.717, 1.165) is 50.4 Å². The van der Waals surface area contributed by atoms with Crippen LogP contribution < -0.4 is 20.2 Å². The number of nitrogens with zero attached hydrogens (tertiary/aromatic N) is 2. The van der Waals surface area contributed by atoms with E-state index in [1.165, 1.54) is 38.0 Å². The minimum atomic E-state index is -2.21. The van der Waals surface area contributed by atoms with Crippen molar-refractivity contribution in [1.29, 1.82) is 0 Å². The predicted octanol–water partition coefficient (Wildman–Crippen LogP) is 12.5. The summed E-state index contributed by atoms with van der Waals surface area (Å²) < 4.78 is 6.60. The Morgan fingerprint density at radius 3 is 1.65 bits per heavy atom. The minimum Gasteiger partial charge on any atom is -0.454 e. The molecule has 10 rings (SSSR count). The molecule has 3 nitrogen and oxygen atoms in total. The Balaban J connectivity index is 1.18. The third-order valence-electron chi connectivity index (χ3n) is 10.8. The minimum absolute atomic E-state index is 0.894. The third kappa shape index (κ3) is 4.65. The van der Waals surface area contributed by atoms with Gasteiger partial charge in [-0.15, -0.1) is 0 Å². The standard InChI is InChI=1S/C48H36N2OSi/c1-52(2)45-27-15-24-41-42(49(33-16-6-3-7-17-33)34-18-8-4-9-19-34)31-30-39(47(41)45)38-29-28-36(32-46(38)52)50(35-20-10-5-11-21-35)43-25-14-23-40-37-22-12-13-26-44(37)51-48(40)43/h3-32H,1-2H3. The first-order valence-electron chi connectivity index (χ1n) is 17.9. The van der Waals surface area contributed by atoms with Crippen LogP contribution in [0.15, 0.2) is 186 Å². The molecule has 1 aliphatic heterocycles. The molecule has 248 valence electrons. The smallest absolute Gasteiger partial charge is 0.159 e. The third-order valence-corrected chi connectivity index (χ3v) is 14.3. The molecule has 8 aromatic carbocycles. The topological polar surface area (TPSA) is 19.6 Å². The largest absolute Gasteiger partial charge is 0.454 e. The molecule has 0 spiro atoms. The van der Waals surface area contributed by atoms with Crippen LogP contribution in [-0.4, -0.2) is 8.07 Å². The second-order valence-corrected chi connectivity index (χ2v) is 18.5. The highest BCUT2D eigenvalue weighted by atomic mass is 28.3. The number of fused-ring (bicyclic) bond motifs is 5. The fraction of sp³-hybridized carbons (Fsp3) is 0.0417. The number of anilines is 6. The molecule has 0 radical (unpaired) electrons. The number of furan rings is 1. The maximum atomic E-state index is 6.60. The van der Waals surface area contributed by atoms with Gasteiger partial charge >= 0.3 is 0 Å². The van der Waals surface area contributed by atoms with Crippen molar-refractivity contribution < 1.29 is 4.42 Å². The second-order valence-electron chi connectivity index (χ2n) is 14.1. The van der Waals surface area contributed by atoms with E-state index in [-0.39, 0.29) is 0 Å². The molecule has 52 heavy (non-hydrogen) atoms. The Kier molecular flexibility index (Phi) is 6.95. The van der Waals surface area contributed by atoms with Gasteiger partial charge < -0.3 is 14.2 Å². The fourth-order valence-corrected chi connectivity index (χ4v) is 11.5. The van der Waals surface area contributed by atoms with Gasteiger partial charge in [0.1, 0.15) is 13.7 Å². The monoisotopic (exact) mass is 684 g/mol. The summed E-state index contributed by atoms with van der Waals surface area (Å²) in [6.07, 6.45) is 0. The van der Waals surface area contributed by atoms with Gasteiger partial charge in [0.05, 0.1) is 11.4 Å². The van der Waals surface area contributed by atoms with Crippen molar-refractivity contribution in [3.63, 3.8) is 0 Å². The summed E-state index contributed by atoms with van der Waals surface area (Å²) >= 11 is 0. The van der Waals surface area contributed by atoms with Crippen LogP contribution in [0.4, 0.5) is 34.1 Å². The molecule has 0 fully saturated rings. The quantitative estimate of drug-likeness (QED) is 0.163. The second kappa shape index (κ2) is 11.9. The zero-order valence-electron chi connectivity index (χ0n) is 29.1. The first-order valence-corrected chi connectivity index (χ1v) is 20.9. The van der Waals surface area contributed by atoms with Gasteiger partial charge in [-0.3, -0.25) is 0 Å². The van der Waals surface area contributed by atoms with Crippen LogP contribution in [0.5, 0.6) is 0 Å². The Hall–Kier alpha value is -6.36. The average Bonchev–Trinajstić information content (AvgIpc) is 3.58. The molecule has 1 aromatic heterocycles. The van der Waals surface area contributed by atoms with Crippen LogP contribution >= 0.6 is 0 Å². The Bertz CT molecular complexity index is 2730. The van der Waals surface area contributed by atoms with E-state index in [9.17, 15) is 0 Å². The maximum absolute atomic E-state index is 6.60. The highest BCUT2D eigenvalue weighted by Crippen LogP contribution is 2.46. The Morgan fingerprint density at radius 1 is 0.404 bits per heavy atom. The van der Waals surface area contributed by atoms with Gasteiger partial charge in [0.2, 0.25) is 0 Å². The van der Waals surface area contributed by atoms with Gasteiger partial charge in [0.25, 0.3) is 0 Å². The summed E-state index contributed by atoms with van der Waals surface area (Å²) in [5, 5.41) is 7.82. The summed E-state index contributed by atoms with van der Waals surface area (Å²) in [7, 11) is -2.21. The van der Waals surface area contributed by atoms with Gasteiger partial charge in [0, 0.05) is 38.9 Å². The van der Waals surface area contributed by atoms with Gasteiger partial charge in [-0.25, -0.2) is 0 Å². The SMILES string of the molecule is C[Si]1(C)c2cc(N(c3ccccc3)c3cccc4c3oc3ccccc34)ccc2-c2ccc(N(c3ccccc3)c3ccccc3)c3cccc1c23. The van der Waals surface area contributed by atoms with Crippen LogP contribution in [0, 0.1) is 0 Å². The average molecular weight is 685 g/mol. The van der Waals surface area contributed by atoms with Crippen LogP contribution in [0.25, 0.3) is 43.8 Å². The molecule has 0 N–H and O–H groups in total. The summed E-state index contributed by atoms with van der Waals surface area (Å²) in [4.78, 5) is 4.76. The number of benzene rings is 8. The van der Waals surface area contributed by atoms with Crippen LogP contribution in [0.3, 0.4) is 0 Å². The summed E-state index contributed by atoms with van der Waals surface area (Å²) in [5.41, 5.74) is 11.2. The molecule has 2 heterocycles. The first-order chi connectivity index (χ1) is 25.6. The van der Waals surface area contributed by atoms with E-state index in [0.29, 0.717) is 0 Å². The summed E-state index contributed by atoms with van der Waals surface area (Å²) in [6.45, 7) is 5.03. The molecule has 0 aliphatic carbocycles. The van der Waals surface area contributed by atoms with Crippen LogP contribution in [0.2, 0.25) is 13.1 Å². The van der Waals surface area contributed by atoms with Crippen molar-refractivity contribution in [2.24, 2.45) is 0 Å².